The molecule has 0 N–H and O–H groups in total. The summed E-state index contributed by atoms with van der Waals surface area (Å²) in [6.45, 7) is 5.74. The Labute approximate surface area is 132 Å². The molecule has 0 fully saturated rings. The highest BCUT2D eigenvalue weighted by atomic mass is 32.1. The van der Waals surface area contributed by atoms with E-state index in [4.69, 9.17) is 4.74 Å². The number of carbonyl (C=O) groups excluding carboxylic acids is 1. The summed E-state index contributed by atoms with van der Waals surface area (Å²) in [6.07, 6.45) is 4.31. The number of hydrogen-bond acceptors (Lipinski definition) is 5. The molecule has 0 aliphatic heterocycles. The van der Waals surface area contributed by atoms with Gasteiger partial charge in [0.15, 0.2) is 0 Å². The van der Waals surface area contributed by atoms with E-state index in [1.807, 2.05) is 0 Å². The highest BCUT2D eigenvalue weighted by Crippen LogP contribution is 2.35. The first-order valence-electron chi connectivity index (χ1n) is 7.65. The number of ether oxygens (including phenoxy) is 1. The zero-order chi connectivity index (χ0) is 15.9. The molecular weight excluding hydrogens is 300 g/mol. The molecule has 1 atom stereocenters. The van der Waals surface area contributed by atoms with E-state index in [0.29, 0.717) is 11.3 Å². The minimum atomic E-state index is -0.407. The lowest BCUT2D eigenvalue weighted by Crippen LogP contribution is -2.27. The van der Waals surface area contributed by atoms with Crippen LogP contribution in [0.2, 0.25) is 0 Å². The molecule has 0 bridgehead atoms. The van der Waals surface area contributed by atoms with Crippen molar-refractivity contribution in [3.8, 4) is 0 Å². The summed E-state index contributed by atoms with van der Waals surface area (Å²) in [7, 11) is 0. The summed E-state index contributed by atoms with van der Waals surface area (Å²) < 4.78 is 6.46. The molecule has 0 unspecified atom stereocenters. The SMILES string of the molecule is CC(C)OC(=O)Cn1cnc2sc3c(c2c1=O)CC[C@H](C)C3. The monoisotopic (exact) mass is 320 g/mol. The van der Waals surface area contributed by atoms with Crippen molar-refractivity contribution in [1.29, 1.82) is 0 Å². The Balaban J connectivity index is 1.99. The van der Waals surface area contributed by atoms with Crippen LogP contribution in [0.25, 0.3) is 10.2 Å². The smallest absolute Gasteiger partial charge is 0.326 e. The number of aryl methyl sites for hydroxylation is 1. The molecule has 0 saturated carbocycles. The maximum absolute atomic E-state index is 12.7. The van der Waals surface area contributed by atoms with Gasteiger partial charge in [-0.1, -0.05) is 6.92 Å². The van der Waals surface area contributed by atoms with Gasteiger partial charge in [-0.3, -0.25) is 14.2 Å². The van der Waals surface area contributed by atoms with Crippen LogP contribution in [0.5, 0.6) is 0 Å². The Morgan fingerprint density at radius 1 is 1.55 bits per heavy atom. The minimum Gasteiger partial charge on any atom is -0.462 e. The molecule has 5 nitrogen and oxygen atoms in total. The maximum Gasteiger partial charge on any atom is 0.326 e. The average molecular weight is 320 g/mol. The number of carbonyl (C=O) groups is 1. The first kappa shape index (κ1) is 15.2. The number of thiophene rings is 1. The quantitative estimate of drug-likeness (QED) is 0.815. The Morgan fingerprint density at radius 3 is 3.05 bits per heavy atom. The van der Waals surface area contributed by atoms with Gasteiger partial charge in [-0.05, 0) is 44.6 Å². The minimum absolute atomic E-state index is 0.0824. The van der Waals surface area contributed by atoms with Crippen LogP contribution in [0, 0.1) is 5.92 Å². The van der Waals surface area contributed by atoms with Crippen LogP contribution < -0.4 is 5.56 Å². The molecule has 22 heavy (non-hydrogen) atoms. The van der Waals surface area contributed by atoms with Gasteiger partial charge in [0.2, 0.25) is 0 Å². The Hall–Kier alpha value is -1.69. The average Bonchev–Trinajstić information content (AvgIpc) is 2.79. The zero-order valence-electron chi connectivity index (χ0n) is 13.1. The second-order valence-electron chi connectivity index (χ2n) is 6.25. The molecule has 0 radical (unpaired) electrons. The number of fused-ring (bicyclic) bond motifs is 3. The second-order valence-corrected chi connectivity index (χ2v) is 7.33. The molecule has 3 rings (SSSR count). The van der Waals surface area contributed by atoms with Crippen LogP contribution in [0.1, 0.15) is 37.6 Å². The van der Waals surface area contributed by atoms with E-state index in [1.54, 1.807) is 25.2 Å². The van der Waals surface area contributed by atoms with Crippen molar-refractivity contribution in [3.63, 3.8) is 0 Å². The van der Waals surface area contributed by atoms with Crippen LogP contribution >= 0.6 is 11.3 Å². The topological polar surface area (TPSA) is 61.2 Å². The van der Waals surface area contributed by atoms with Crippen molar-refractivity contribution in [2.45, 2.75) is 52.7 Å². The summed E-state index contributed by atoms with van der Waals surface area (Å²) >= 11 is 1.62. The first-order valence-corrected chi connectivity index (χ1v) is 8.46. The summed E-state index contributed by atoms with van der Waals surface area (Å²) in [5.74, 6) is 0.250. The second kappa shape index (κ2) is 5.83. The lowest BCUT2D eigenvalue weighted by atomic mass is 9.89. The summed E-state index contributed by atoms with van der Waals surface area (Å²) in [5, 5.41) is 0.701. The number of hydrogen-bond donors (Lipinski definition) is 0. The maximum atomic E-state index is 12.7. The van der Waals surface area contributed by atoms with Gasteiger partial charge in [0.1, 0.15) is 11.4 Å². The Kier molecular flexibility index (Phi) is 4.04. The lowest BCUT2D eigenvalue weighted by molar-refractivity contribution is -0.148. The van der Waals surface area contributed by atoms with Gasteiger partial charge in [-0.25, -0.2) is 4.98 Å². The van der Waals surface area contributed by atoms with Gasteiger partial charge in [-0.15, -0.1) is 11.3 Å². The van der Waals surface area contributed by atoms with E-state index < -0.39 is 5.97 Å². The van der Waals surface area contributed by atoms with Gasteiger partial charge < -0.3 is 4.74 Å². The fraction of sp³-hybridized carbons (Fsp3) is 0.562. The molecule has 0 saturated heterocycles. The van der Waals surface area contributed by atoms with E-state index >= 15 is 0 Å². The van der Waals surface area contributed by atoms with Gasteiger partial charge in [0.05, 0.1) is 17.8 Å². The Morgan fingerprint density at radius 2 is 2.32 bits per heavy atom. The molecule has 0 amide bonds. The fourth-order valence-corrected chi connectivity index (χ4v) is 4.26. The number of rotatable bonds is 3. The van der Waals surface area contributed by atoms with Crippen molar-refractivity contribution < 1.29 is 9.53 Å². The molecule has 0 aromatic carbocycles. The normalized spacial score (nSPS) is 17.7. The molecular formula is C16H20N2O3S. The predicted octanol–water partition coefficient (Wildman–Crippen LogP) is 2.53. The molecule has 118 valence electrons. The predicted molar refractivity (Wildman–Crippen MR) is 86.3 cm³/mol. The summed E-state index contributed by atoms with van der Waals surface area (Å²) in [6, 6.07) is 0. The largest absolute Gasteiger partial charge is 0.462 e. The number of esters is 1. The van der Waals surface area contributed by atoms with Crippen LogP contribution in [-0.2, 0) is 28.9 Å². The highest BCUT2D eigenvalue weighted by molar-refractivity contribution is 7.18. The Bertz CT molecular complexity index is 776. The third-order valence-corrected chi connectivity index (χ3v) is 5.11. The highest BCUT2D eigenvalue weighted by Gasteiger charge is 2.23. The van der Waals surface area contributed by atoms with Crippen molar-refractivity contribution >= 4 is 27.5 Å². The van der Waals surface area contributed by atoms with E-state index in [9.17, 15) is 9.59 Å². The summed E-state index contributed by atoms with van der Waals surface area (Å²) in [4.78, 5) is 30.9. The number of nitrogens with zero attached hydrogens (tertiary/aromatic N) is 2. The van der Waals surface area contributed by atoms with Gasteiger partial charge in [0.25, 0.3) is 5.56 Å². The van der Waals surface area contributed by atoms with E-state index in [0.717, 1.165) is 29.7 Å². The van der Waals surface area contributed by atoms with Crippen molar-refractivity contribution in [2.75, 3.05) is 0 Å². The standard InChI is InChI=1S/C16H20N2O3S/c1-9(2)21-13(19)7-18-8-17-15-14(16(18)20)11-5-4-10(3)6-12(11)22-15/h8-10H,4-7H2,1-3H3/t10-/m0/s1. The van der Waals surface area contributed by atoms with Crippen molar-refractivity contribution in [1.82, 2.24) is 9.55 Å². The molecule has 1 aliphatic carbocycles. The van der Waals surface area contributed by atoms with Crippen LogP contribution in [0.4, 0.5) is 0 Å². The molecule has 0 spiro atoms. The van der Waals surface area contributed by atoms with Crippen LogP contribution in [-0.4, -0.2) is 21.6 Å². The van der Waals surface area contributed by atoms with E-state index in [-0.39, 0.29) is 18.2 Å². The molecule has 2 aromatic rings. The summed E-state index contributed by atoms with van der Waals surface area (Å²) in [5.41, 5.74) is 1.01. The lowest BCUT2D eigenvalue weighted by Gasteiger charge is -2.17. The van der Waals surface area contributed by atoms with Gasteiger partial charge in [0, 0.05) is 4.88 Å². The third kappa shape index (κ3) is 2.79. The molecule has 1 aliphatic rings. The third-order valence-electron chi connectivity index (χ3n) is 3.95. The molecule has 2 heterocycles. The van der Waals surface area contributed by atoms with Crippen molar-refractivity contribution in [3.05, 3.63) is 27.1 Å². The van der Waals surface area contributed by atoms with Gasteiger partial charge >= 0.3 is 5.97 Å². The first-order chi connectivity index (χ1) is 10.5. The fourth-order valence-electron chi connectivity index (χ4n) is 2.92. The van der Waals surface area contributed by atoms with Gasteiger partial charge in [-0.2, -0.15) is 0 Å². The zero-order valence-corrected chi connectivity index (χ0v) is 13.9. The molecule has 2 aromatic heterocycles. The van der Waals surface area contributed by atoms with Crippen LogP contribution in [0.3, 0.4) is 0 Å². The molecule has 6 heteroatoms. The van der Waals surface area contributed by atoms with E-state index in [1.165, 1.54) is 15.8 Å². The van der Waals surface area contributed by atoms with Crippen LogP contribution in [0.15, 0.2) is 11.1 Å². The van der Waals surface area contributed by atoms with Crippen molar-refractivity contribution in [2.24, 2.45) is 5.92 Å². The van der Waals surface area contributed by atoms with E-state index in [2.05, 4.69) is 11.9 Å². The number of aromatic nitrogens is 2.